The first-order chi connectivity index (χ1) is 17.3. The molecule has 0 unspecified atom stereocenters. The van der Waals surface area contributed by atoms with Crippen LogP contribution in [0, 0.1) is 5.82 Å². The third kappa shape index (κ3) is 6.49. The fraction of sp³-hybridized carbons (Fsp3) is 0.452. The van der Waals surface area contributed by atoms with Gasteiger partial charge in [0.25, 0.3) is 0 Å². The van der Waals surface area contributed by atoms with Crippen molar-refractivity contribution in [2.75, 3.05) is 0 Å². The number of nitrogens with zero attached hydrogens (tertiary/aromatic N) is 1. The zero-order valence-electron chi connectivity index (χ0n) is 22.9. The van der Waals surface area contributed by atoms with E-state index in [2.05, 4.69) is 36.6 Å². The van der Waals surface area contributed by atoms with Crippen LogP contribution in [0.2, 0.25) is 0 Å². The van der Waals surface area contributed by atoms with E-state index in [1.165, 1.54) is 12.1 Å². The summed E-state index contributed by atoms with van der Waals surface area (Å²) in [5.74, 6) is -1.39. The largest absolute Gasteiger partial charge is 0.460 e. The van der Waals surface area contributed by atoms with E-state index in [1.54, 1.807) is 0 Å². The molecule has 2 aromatic carbocycles. The Labute approximate surface area is 219 Å². The number of para-hydroxylation sites is 1. The molecule has 2 atom stereocenters. The number of carbonyl (C=O) groups is 1. The number of rotatable bonds is 6. The monoisotopic (exact) mass is 507 g/mol. The number of halogens is 1. The first-order valence-electron chi connectivity index (χ1n) is 13.0. The molecule has 0 spiro atoms. The van der Waals surface area contributed by atoms with Crippen LogP contribution in [0.5, 0.6) is 0 Å². The van der Waals surface area contributed by atoms with E-state index in [0.29, 0.717) is 6.42 Å². The molecule has 0 aliphatic carbocycles. The predicted molar refractivity (Wildman–Crippen MR) is 146 cm³/mol. The van der Waals surface area contributed by atoms with Crippen LogP contribution < -0.4 is 0 Å². The van der Waals surface area contributed by atoms with E-state index in [1.807, 2.05) is 65.0 Å². The van der Waals surface area contributed by atoms with Crippen molar-refractivity contribution in [3.63, 3.8) is 0 Å². The summed E-state index contributed by atoms with van der Waals surface area (Å²) in [7, 11) is 0. The maximum Gasteiger partial charge on any atom is 0.308 e. The molecule has 1 saturated heterocycles. The van der Waals surface area contributed by atoms with Crippen molar-refractivity contribution in [3.05, 3.63) is 66.1 Å². The Morgan fingerprint density at radius 3 is 2.46 bits per heavy atom. The zero-order valence-corrected chi connectivity index (χ0v) is 22.9. The highest BCUT2D eigenvalue weighted by atomic mass is 19.1. The van der Waals surface area contributed by atoms with Crippen molar-refractivity contribution < 1.29 is 23.4 Å². The van der Waals surface area contributed by atoms with E-state index in [9.17, 15) is 9.18 Å². The molecule has 198 valence electrons. The first kappa shape index (κ1) is 27.1. The number of aromatic nitrogens is 1. The lowest BCUT2D eigenvalue weighted by Gasteiger charge is -2.39. The van der Waals surface area contributed by atoms with Crippen molar-refractivity contribution in [1.82, 2.24) is 4.57 Å². The minimum absolute atomic E-state index is 0.168. The molecule has 1 aromatic heterocycles. The summed E-state index contributed by atoms with van der Waals surface area (Å²) in [5.41, 5.74) is 3.61. The Morgan fingerprint density at radius 2 is 1.81 bits per heavy atom. The smallest absolute Gasteiger partial charge is 0.308 e. The minimum atomic E-state index is -0.843. The molecule has 2 heterocycles. The van der Waals surface area contributed by atoms with Gasteiger partial charge in [0.05, 0.1) is 18.6 Å². The summed E-state index contributed by atoms with van der Waals surface area (Å²) in [5, 5.41) is 1.11. The number of ether oxygens (including phenoxy) is 3. The lowest BCUT2D eigenvalue weighted by Crippen LogP contribution is -2.45. The third-order valence-electron chi connectivity index (χ3n) is 6.26. The van der Waals surface area contributed by atoms with Crippen LogP contribution in [0.3, 0.4) is 0 Å². The summed E-state index contributed by atoms with van der Waals surface area (Å²) < 4.78 is 33.8. The van der Waals surface area contributed by atoms with Gasteiger partial charge in [-0.3, -0.25) is 4.79 Å². The number of fused-ring (bicyclic) bond motifs is 1. The highest BCUT2D eigenvalue weighted by molar-refractivity contribution is 6.01. The third-order valence-corrected chi connectivity index (χ3v) is 6.26. The quantitative estimate of drug-likeness (QED) is 0.321. The molecule has 0 bridgehead atoms. The van der Waals surface area contributed by atoms with Gasteiger partial charge in [-0.15, -0.1) is 0 Å². The number of hydrogen-bond acceptors (Lipinski definition) is 4. The van der Waals surface area contributed by atoms with Crippen molar-refractivity contribution in [2.24, 2.45) is 0 Å². The molecule has 0 saturated carbocycles. The van der Waals surface area contributed by atoms with Crippen molar-refractivity contribution in [1.29, 1.82) is 0 Å². The number of esters is 1. The first-order valence-corrected chi connectivity index (χ1v) is 13.0. The molecule has 0 N–H and O–H groups in total. The summed E-state index contributed by atoms with van der Waals surface area (Å²) in [4.78, 5) is 12.5. The summed E-state index contributed by atoms with van der Waals surface area (Å²) in [6.07, 6.45) is 4.27. The van der Waals surface area contributed by atoms with E-state index in [4.69, 9.17) is 14.2 Å². The van der Waals surface area contributed by atoms with Crippen LogP contribution in [0.4, 0.5) is 4.39 Å². The highest BCUT2D eigenvalue weighted by Crippen LogP contribution is 2.38. The highest BCUT2D eigenvalue weighted by Gasteiger charge is 2.36. The fourth-order valence-electron chi connectivity index (χ4n) is 5.08. The minimum Gasteiger partial charge on any atom is -0.460 e. The van der Waals surface area contributed by atoms with Crippen LogP contribution in [0.15, 0.2) is 54.6 Å². The lowest BCUT2D eigenvalue weighted by atomic mass is 10.0. The second-order valence-corrected chi connectivity index (χ2v) is 11.4. The average molecular weight is 508 g/mol. The summed E-state index contributed by atoms with van der Waals surface area (Å²) in [6, 6.07) is 15.1. The van der Waals surface area contributed by atoms with Crippen molar-refractivity contribution in [3.8, 4) is 11.1 Å². The van der Waals surface area contributed by atoms with Gasteiger partial charge in [-0.2, -0.15) is 0 Å². The normalized spacial score (nSPS) is 20.1. The molecule has 4 rings (SSSR count). The van der Waals surface area contributed by atoms with Gasteiger partial charge in [0, 0.05) is 34.6 Å². The topological polar surface area (TPSA) is 49.7 Å². The van der Waals surface area contributed by atoms with Gasteiger partial charge in [0.2, 0.25) is 0 Å². The molecule has 3 aromatic rings. The van der Waals surface area contributed by atoms with Gasteiger partial charge in [0.15, 0.2) is 5.79 Å². The molecule has 0 amide bonds. The Kier molecular flexibility index (Phi) is 7.63. The maximum absolute atomic E-state index is 13.8. The second-order valence-electron chi connectivity index (χ2n) is 11.4. The molecule has 5 nitrogen and oxygen atoms in total. The van der Waals surface area contributed by atoms with E-state index in [0.717, 1.165) is 27.7 Å². The number of carbonyl (C=O) groups excluding carboxylic acids is 1. The van der Waals surface area contributed by atoms with Crippen LogP contribution in [-0.4, -0.2) is 34.1 Å². The van der Waals surface area contributed by atoms with Crippen molar-refractivity contribution >= 4 is 22.9 Å². The van der Waals surface area contributed by atoms with Crippen LogP contribution in [0.25, 0.3) is 28.1 Å². The van der Waals surface area contributed by atoms with Gasteiger partial charge in [-0.05, 0) is 78.3 Å². The van der Waals surface area contributed by atoms with Gasteiger partial charge in [-0.25, -0.2) is 4.39 Å². The average Bonchev–Trinajstić information content (AvgIpc) is 3.10. The molecule has 1 aliphatic rings. The Balaban J connectivity index is 1.70. The fourth-order valence-corrected chi connectivity index (χ4v) is 5.08. The van der Waals surface area contributed by atoms with Crippen LogP contribution in [0.1, 0.15) is 73.0 Å². The lowest BCUT2D eigenvalue weighted by molar-refractivity contribution is -0.290. The Bertz CT molecular complexity index is 1280. The molecule has 37 heavy (non-hydrogen) atoms. The zero-order chi connectivity index (χ0) is 27.0. The predicted octanol–water partition coefficient (Wildman–Crippen LogP) is 7.68. The van der Waals surface area contributed by atoms with Gasteiger partial charge >= 0.3 is 5.97 Å². The summed E-state index contributed by atoms with van der Waals surface area (Å²) >= 11 is 0. The van der Waals surface area contributed by atoms with E-state index < -0.39 is 11.4 Å². The molecule has 1 aliphatic heterocycles. The molecular formula is C31H38FNO4. The number of hydrogen-bond donors (Lipinski definition) is 0. The molecule has 0 radical (unpaired) electrons. The molecule has 6 heteroatoms. The second kappa shape index (κ2) is 10.4. The molecular weight excluding hydrogens is 469 g/mol. The standard InChI is InChI=1S/C31H38FNO4/c1-20(2)33-26-11-9-8-10-25(26)29(21-12-14-22(32)15-13-21)27(33)17-16-23-18-24(36-31(6,7)35-23)19-28(34)37-30(3,4)5/h8-17,20,23-24H,18-19H2,1-7H3/b17-16+/t23-,24-/m1/s1. The maximum atomic E-state index is 13.8. The van der Waals surface area contributed by atoms with Gasteiger partial charge in [0.1, 0.15) is 11.4 Å². The van der Waals surface area contributed by atoms with E-state index in [-0.39, 0.29) is 36.5 Å². The Morgan fingerprint density at radius 1 is 1.14 bits per heavy atom. The summed E-state index contributed by atoms with van der Waals surface area (Å²) in [6.45, 7) is 13.6. The number of benzene rings is 2. The van der Waals surface area contributed by atoms with Gasteiger partial charge in [-0.1, -0.05) is 36.4 Å². The van der Waals surface area contributed by atoms with Crippen LogP contribution >= 0.6 is 0 Å². The van der Waals surface area contributed by atoms with Gasteiger partial charge < -0.3 is 18.8 Å². The Hall–Kier alpha value is -2.96. The van der Waals surface area contributed by atoms with Crippen LogP contribution in [-0.2, 0) is 19.0 Å². The SMILES string of the molecule is CC(C)n1c(/C=C/[C@@H]2C[C@H](CC(=O)OC(C)(C)C)OC(C)(C)O2)c(-c2ccc(F)cc2)c2ccccc21. The van der Waals surface area contributed by atoms with E-state index >= 15 is 0 Å². The molecule has 1 fully saturated rings. The van der Waals surface area contributed by atoms with Crippen molar-refractivity contribution in [2.45, 2.75) is 90.9 Å².